The Labute approximate surface area is 127 Å². The van der Waals surface area contributed by atoms with Gasteiger partial charge < -0.3 is 10.4 Å². The van der Waals surface area contributed by atoms with Crippen molar-refractivity contribution >= 4 is 11.9 Å². The lowest BCUT2D eigenvalue weighted by Crippen LogP contribution is -2.39. The highest BCUT2D eigenvalue weighted by Gasteiger charge is 2.33. The van der Waals surface area contributed by atoms with Crippen LogP contribution in [0, 0.1) is 17.8 Å². The van der Waals surface area contributed by atoms with Gasteiger partial charge in [-0.15, -0.1) is 0 Å². The molecule has 21 heavy (non-hydrogen) atoms. The van der Waals surface area contributed by atoms with Crippen molar-refractivity contribution in [3.63, 3.8) is 0 Å². The second-order valence-corrected chi connectivity index (χ2v) is 6.91. The highest BCUT2D eigenvalue weighted by Crippen LogP contribution is 2.33. The Morgan fingerprint density at radius 3 is 2.29 bits per heavy atom. The van der Waals surface area contributed by atoms with E-state index in [2.05, 4.69) is 12.2 Å². The topological polar surface area (TPSA) is 66.4 Å². The van der Waals surface area contributed by atoms with Crippen LogP contribution in [0.2, 0.25) is 0 Å². The standard InChI is InChI=1S/C17H29NO3/c1-2-3-4-12-5-7-13(8-6-12)16(19)18-15-10-9-14(11-15)17(20)21/h12-15H,2-11H2,1H3,(H,18,19)(H,20,21)/t12?,13?,14-,15+/m0/s1. The Morgan fingerprint density at radius 2 is 1.71 bits per heavy atom. The number of amides is 1. The Morgan fingerprint density at radius 1 is 1.05 bits per heavy atom. The zero-order valence-corrected chi connectivity index (χ0v) is 13.1. The third kappa shape index (κ3) is 4.72. The Balaban J connectivity index is 1.69. The van der Waals surface area contributed by atoms with Crippen molar-refractivity contribution in [1.82, 2.24) is 5.32 Å². The average molecular weight is 295 g/mol. The molecule has 2 rings (SSSR count). The molecule has 0 aromatic carbocycles. The first-order valence-corrected chi connectivity index (χ1v) is 8.63. The summed E-state index contributed by atoms with van der Waals surface area (Å²) >= 11 is 0. The van der Waals surface area contributed by atoms with Gasteiger partial charge in [0.2, 0.25) is 5.91 Å². The lowest BCUT2D eigenvalue weighted by Gasteiger charge is -2.28. The fourth-order valence-corrected chi connectivity index (χ4v) is 3.86. The summed E-state index contributed by atoms with van der Waals surface area (Å²) in [5.74, 6) is 0.159. The number of unbranched alkanes of at least 4 members (excludes halogenated alkanes) is 1. The summed E-state index contributed by atoms with van der Waals surface area (Å²) in [5.41, 5.74) is 0. The van der Waals surface area contributed by atoms with E-state index in [1.54, 1.807) is 0 Å². The maximum atomic E-state index is 12.3. The number of carbonyl (C=O) groups is 2. The number of nitrogens with one attached hydrogen (secondary N) is 1. The van der Waals surface area contributed by atoms with Gasteiger partial charge >= 0.3 is 5.97 Å². The van der Waals surface area contributed by atoms with Crippen LogP contribution in [0.1, 0.15) is 71.1 Å². The zero-order chi connectivity index (χ0) is 15.2. The molecule has 2 aliphatic rings. The summed E-state index contributed by atoms with van der Waals surface area (Å²) < 4.78 is 0. The minimum absolute atomic E-state index is 0.0800. The van der Waals surface area contributed by atoms with Gasteiger partial charge in [0.25, 0.3) is 0 Å². The molecule has 0 unspecified atom stereocenters. The van der Waals surface area contributed by atoms with Crippen LogP contribution in [0.5, 0.6) is 0 Å². The largest absolute Gasteiger partial charge is 0.481 e. The predicted molar refractivity (Wildman–Crippen MR) is 81.9 cm³/mol. The second-order valence-electron chi connectivity index (χ2n) is 6.91. The number of aliphatic carboxylic acids is 1. The molecular weight excluding hydrogens is 266 g/mol. The second kappa shape index (κ2) is 7.81. The molecule has 0 heterocycles. The summed E-state index contributed by atoms with van der Waals surface area (Å²) in [6.07, 6.45) is 10.4. The van der Waals surface area contributed by atoms with Crippen molar-refractivity contribution in [2.75, 3.05) is 0 Å². The Bertz CT molecular complexity index is 361. The van der Waals surface area contributed by atoms with Crippen molar-refractivity contribution in [3.05, 3.63) is 0 Å². The van der Waals surface area contributed by atoms with E-state index < -0.39 is 5.97 Å². The van der Waals surface area contributed by atoms with Gasteiger partial charge in [0.15, 0.2) is 0 Å². The van der Waals surface area contributed by atoms with Crippen molar-refractivity contribution in [3.8, 4) is 0 Å². The zero-order valence-electron chi connectivity index (χ0n) is 13.1. The molecule has 0 aliphatic heterocycles. The van der Waals surface area contributed by atoms with Crippen LogP contribution in [-0.4, -0.2) is 23.0 Å². The van der Waals surface area contributed by atoms with Gasteiger partial charge in [-0.1, -0.05) is 26.2 Å². The smallest absolute Gasteiger partial charge is 0.306 e. The summed E-state index contributed by atoms with van der Waals surface area (Å²) in [6, 6.07) is 0.0800. The predicted octanol–water partition coefficient (Wildman–Crippen LogP) is 3.35. The maximum Gasteiger partial charge on any atom is 0.306 e. The van der Waals surface area contributed by atoms with Gasteiger partial charge in [-0.2, -0.15) is 0 Å². The van der Waals surface area contributed by atoms with E-state index in [0.717, 1.165) is 25.2 Å². The molecule has 2 fully saturated rings. The molecule has 4 heteroatoms. The number of carboxylic acids is 1. The molecule has 2 atom stereocenters. The van der Waals surface area contributed by atoms with Crippen molar-refractivity contribution in [2.45, 2.75) is 77.2 Å². The normalized spacial score (nSPS) is 32.8. The highest BCUT2D eigenvalue weighted by molar-refractivity contribution is 5.79. The van der Waals surface area contributed by atoms with Crippen LogP contribution < -0.4 is 5.32 Å². The van der Waals surface area contributed by atoms with Crippen molar-refractivity contribution in [1.29, 1.82) is 0 Å². The summed E-state index contributed by atoms with van der Waals surface area (Å²) in [6.45, 7) is 2.23. The fraction of sp³-hybridized carbons (Fsp3) is 0.882. The first-order chi connectivity index (χ1) is 10.1. The lowest BCUT2D eigenvalue weighted by molar-refractivity contribution is -0.141. The first kappa shape index (κ1) is 16.3. The van der Waals surface area contributed by atoms with Crippen LogP contribution in [0.4, 0.5) is 0 Å². The van der Waals surface area contributed by atoms with Gasteiger partial charge in [-0.3, -0.25) is 9.59 Å². The molecule has 0 spiro atoms. The van der Waals surface area contributed by atoms with Gasteiger partial charge in [-0.25, -0.2) is 0 Å². The molecule has 2 aliphatic carbocycles. The maximum absolute atomic E-state index is 12.3. The van der Waals surface area contributed by atoms with Crippen LogP contribution in [0.15, 0.2) is 0 Å². The van der Waals surface area contributed by atoms with E-state index in [1.165, 1.54) is 32.1 Å². The monoisotopic (exact) mass is 295 g/mol. The minimum atomic E-state index is -0.719. The molecule has 0 bridgehead atoms. The molecule has 4 nitrogen and oxygen atoms in total. The van der Waals surface area contributed by atoms with E-state index in [0.29, 0.717) is 12.8 Å². The minimum Gasteiger partial charge on any atom is -0.481 e. The molecule has 2 N–H and O–H groups in total. The summed E-state index contributed by atoms with van der Waals surface area (Å²) in [5, 5.41) is 12.1. The number of hydrogen-bond donors (Lipinski definition) is 2. The van der Waals surface area contributed by atoms with E-state index in [9.17, 15) is 9.59 Å². The molecule has 0 aromatic heterocycles. The van der Waals surface area contributed by atoms with E-state index in [1.807, 2.05) is 0 Å². The van der Waals surface area contributed by atoms with Gasteiger partial charge in [0.05, 0.1) is 5.92 Å². The molecule has 1 amide bonds. The van der Waals surface area contributed by atoms with E-state index in [-0.39, 0.29) is 23.8 Å². The fourth-order valence-electron chi connectivity index (χ4n) is 3.86. The Kier molecular flexibility index (Phi) is 6.07. The van der Waals surface area contributed by atoms with Gasteiger partial charge in [-0.05, 0) is 50.9 Å². The van der Waals surface area contributed by atoms with Gasteiger partial charge in [0.1, 0.15) is 0 Å². The third-order valence-corrected chi connectivity index (χ3v) is 5.31. The highest BCUT2D eigenvalue weighted by atomic mass is 16.4. The molecule has 0 aromatic rings. The SMILES string of the molecule is CCCCC1CCC(C(=O)N[C@@H]2CC[C@H](C(=O)O)C2)CC1. The number of rotatable bonds is 6. The number of carbonyl (C=O) groups excluding carboxylic acids is 1. The summed E-state index contributed by atoms with van der Waals surface area (Å²) in [4.78, 5) is 23.2. The Hall–Kier alpha value is -1.06. The van der Waals surface area contributed by atoms with E-state index >= 15 is 0 Å². The van der Waals surface area contributed by atoms with Crippen LogP contribution >= 0.6 is 0 Å². The van der Waals surface area contributed by atoms with Crippen molar-refractivity contribution < 1.29 is 14.7 Å². The first-order valence-electron chi connectivity index (χ1n) is 8.63. The molecule has 0 saturated heterocycles. The number of hydrogen-bond acceptors (Lipinski definition) is 2. The summed E-state index contributed by atoms with van der Waals surface area (Å²) in [7, 11) is 0. The molecule has 120 valence electrons. The van der Waals surface area contributed by atoms with Crippen LogP contribution in [-0.2, 0) is 9.59 Å². The van der Waals surface area contributed by atoms with Crippen LogP contribution in [0.3, 0.4) is 0 Å². The van der Waals surface area contributed by atoms with Crippen molar-refractivity contribution in [2.24, 2.45) is 17.8 Å². The molecular formula is C17H29NO3. The molecule has 2 saturated carbocycles. The quantitative estimate of drug-likeness (QED) is 0.789. The number of carboxylic acid groups (broad SMARTS) is 1. The lowest BCUT2D eigenvalue weighted by atomic mass is 9.79. The molecule has 0 radical (unpaired) electrons. The van der Waals surface area contributed by atoms with E-state index in [4.69, 9.17) is 5.11 Å². The van der Waals surface area contributed by atoms with Crippen LogP contribution in [0.25, 0.3) is 0 Å². The van der Waals surface area contributed by atoms with Gasteiger partial charge in [0, 0.05) is 12.0 Å². The third-order valence-electron chi connectivity index (χ3n) is 5.31. The average Bonchev–Trinajstić information content (AvgIpc) is 2.94.